The van der Waals surface area contributed by atoms with Crippen LogP contribution in [0.2, 0.25) is 10.0 Å². The van der Waals surface area contributed by atoms with Gasteiger partial charge in [0.05, 0.1) is 33.4 Å². The zero-order valence-electron chi connectivity index (χ0n) is 8.10. The molecule has 1 rings (SSSR count). The maximum atomic E-state index is 11.7. The van der Waals surface area contributed by atoms with Gasteiger partial charge < -0.3 is 10.2 Å². The lowest BCUT2D eigenvalue weighted by Crippen LogP contribution is -2.24. The van der Waals surface area contributed by atoms with Crippen LogP contribution in [0.4, 0.5) is 0 Å². The molecule has 0 aliphatic carbocycles. The second-order valence-electron chi connectivity index (χ2n) is 3.19. The summed E-state index contributed by atoms with van der Waals surface area (Å²) in [5.74, 6) is -0.554. The van der Waals surface area contributed by atoms with Gasteiger partial charge in [-0.15, -0.1) is 0 Å². The summed E-state index contributed by atoms with van der Waals surface area (Å²) >= 11 is 11.3. The number of halogens is 2. The van der Waals surface area contributed by atoms with Crippen molar-refractivity contribution in [2.24, 2.45) is 0 Å². The summed E-state index contributed by atoms with van der Waals surface area (Å²) in [7, 11) is -3.66. The molecular weight excluding hydrogens is 275 g/mol. The topological polar surface area (TPSA) is 74.6 Å². The van der Waals surface area contributed by atoms with Gasteiger partial charge in [-0.2, -0.15) is 0 Å². The van der Waals surface area contributed by atoms with Gasteiger partial charge in [-0.1, -0.05) is 23.2 Å². The third-order valence-corrected chi connectivity index (χ3v) is 4.41. The molecule has 4 nitrogen and oxygen atoms in total. The highest BCUT2D eigenvalue weighted by molar-refractivity contribution is 7.91. The molecule has 0 bridgehead atoms. The van der Waals surface area contributed by atoms with Crippen LogP contribution in [0, 0.1) is 0 Å². The Balaban J connectivity index is 3.03. The summed E-state index contributed by atoms with van der Waals surface area (Å²) in [6, 6.07) is 3.87. The summed E-state index contributed by atoms with van der Waals surface area (Å²) in [6.45, 7) is -0.611. The normalized spacial score (nSPS) is 13.8. The van der Waals surface area contributed by atoms with E-state index in [2.05, 4.69) is 0 Å². The quantitative estimate of drug-likeness (QED) is 0.869. The lowest BCUT2D eigenvalue weighted by Gasteiger charge is -2.08. The Morgan fingerprint density at radius 2 is 1.88 bits per heavy atom. The molecule has 0 aromatic heterocycles. The zero-order valence-corrected chi connectivity index (χ0v) is 10.4. The summed E-state index contributed by atoms with van der Waals surface area (Å²) in [5.41, 5.74) is 0. The van der Waals surface area contributed by atoms with Crippen molar-refractivity contribution in [3.63, 3.8) is 0 Å². The van der Waals surface area contributed by atoms with E-state index in [0.29, 0.717) is 0 Å². The average molecular weight is 285 g/mol. The molecule has 0 heterocycles. The molecule has 1 aromatic carbocycles. The molecule has 0 amide bonds. The first kappa shape index (κ1) is 13.7. The van der Waals surface area contributed by atoms with E-state index in [-0.39, 0.29) is 14.9 Å². The van der Waals surface area contributed by atoms with Gasteiger partial charge in [0.2, 0.25) is 0 Å². The maximum Gasteiger partial charge on any atom is 0.181 e. The number of aliphatic hydroxyl groups excluding tert-OH is 2. The first-order valence-electron chi connectivity index (χ1n) is 4.33. The molecule has 1 atom stereocenters. The molecule has 16 heavy (non-hydrogen) atoms. The standard InChI is InChI=1S/C9H10Cl2O4S/c10-8-2-1-7(3-9(8)11)16(14,15)5-6(13)4-12/h1-3,6,12-13H,4-5H2. The highest BCUT2D eigenvalue weighted by Crippen LogP contribution is 2.25. The van der Waals surface area contributed by atoms with Gasteiger partial charge in [0.25, 0.3) is 0 Å². The fourth-order valence-corrected chi connectivity index (χ4v) is 2.81. The SMILES string of the molecule is O=S(=O)(CC(O)CO)c1ccc(Cl)c(Cl)c1. The third-order valence-electron chi connectivity index (χ3n) is 1.87. The minimum Gasteiger partial charge on any atom is -0.394 e. The van der Waals surface area contributed by atoms with Crippen LogP contribution < -0.4 is 0 Å². The van der Waals surface area contributed by atoms with E-state index in [9.17, 15) is 8.42 Å². The summed E-state index contributed by atoms with van der Waals surface area (Å²) in [4.78, 5) is -0.0330. The molecule has 0 aliphatic heterocycles. The second kappa shape index (κ2) is 5.33. The van der Waals surface area contributed by atoms with Crippen molar-refractivity contribution in [3.05, 3.63) is 28.2 Å². The third kappa shape index (κ3) is 3.33. The summed E-state index contributed by atoms with van der Waals surface area (Å²) < 4.78 is 23.4. The van der Waals surface area contributed by atoms with Crippen LogP contribution in [-0.2, 0) is 9.84 Å². The number of benzene rings is 1. The number of hydrogen-bond acceptors (Lipinski definition) is 4. The molecule has 0 saturated heterocycles. The van der Waals surface area contributed by atoms with Crippen LogP contribution in [0.3, 0.4) is 0 Å². The van der Waals surface area contributed by atoms with Crippen LogP contribution >= 0.6 is 23.2 Å². The number of hydrogen-bond donors (Lipinski definition) is 2. The highest BCUT2D eigenvalue weighted by atomic mass is 35.5. The number of sulfone groups is 1. The number of rotatable bonds is 4. The van der Waals surface area contributed by atoms with E-state index in [4.69, 9.17) is 33.4 Å². The zero-order chi connectivity index (χ0) is 12.3. The summed E-state index contributed by atoms with van der Waals surface area (Å²) in [5, 5.41) is 18.1. The van der Waals surface area contributed by atoms with Crippen LogP contribution in [0.5, 0.6) is 0 Å². The molecule has 1 unspecified atom stereocenters. The Kier molecular flexibility index (Phi) is 4.58. The van der Waals surface area contributed by atoms with Gasteiger partial charge in [0.1, 0.15) is 0 Å². The predicted molar refractivity (Wildman–Crippen MR) is 61.6 cm³/mol. The minimum atomic E-state index is -3.66. The Morgan fingerprint density at radius 1 is 1.25 bits per heavy atom. The van der Waals surface area contributed by atoms with Crippen molar-refractivity contribution in [2.75, 3.05) is 12.4 Å². The van der Waals surface area contributed by atoms with E-state index in [1.807, 2.05) is 0 Å². The molecule has 0 radical (unpaired) electrons. The fourth-order valence-electron chi connectivity index (χ4n) is 1.07. The van der Waals surface area contributed by atoms with Gasteiger partial charge in [-0.25, -0.2) is 8.42 Å². The molecule has 0 fully saturated rings. The van der Waals surface area contributed by atoms with Crippen molar-refractivity contribution in [2.45, 2.75) is 11.0 Å². The molecule has 2 N–H and O–H groups in total. The van der Waals surface area contributed by atoms with Gasteiger partial charge in [-0.05, 0) is 18.2 Å². The molecule has 7 heteroatoms. The minimum absolute atomic E-state index is 0.0330. The molecule has 1 aromatic rings. The average Bonchev–Trinajstić information content (AvgIpc) is 2.21. The van der Waals surface area contributed by atoms with E-state index < -0.39 is 28.3 Å². The van der Waals surface area contributed by atoms with Crippen molar-refractivity contribution in [1.29, 1.82) is 0 Å². The van der Waals surface area contributed by atoms with Gasteiger partial charge in [-0.3, -0.25) is 0 Å². The van der Waals surface area contributed by atoms with Gasteiger partial charge in [0, 0.05) is 0 Å². The van der Waals surface area contributed by atoms with E-state index in [1.54, 1.807) is 0 Å². The fraction of sp³-hybridized carbons (Fsp3) is 0.333. The number of aliphatic hydroxyl groups is 2. The molecule has 0 spiro atoms. The molecule has 0 saturated carbocycles. The summed E-state index contributed by atoms with van der Waals surface area (Å²) in [6.07, 6.45) is -1.31. The van der Waals surface area contributed by atoms with E-state index >= 15 is 0 Å². The Morgan fingerprint density at radius 3 is 2.38 bits per heavy atom. The van der Waals surface area contributed by atoms with Crippen molar-refractivity contribution >= 4 is 33.0 Å². The Hall–Kier alpha value is -0.330. The molecular formula is C9H10Cl2O4S. The molecule has 0 aliphatic rings. The molecule has 90 valence electrons. The lowest BCUT2D eigenvalue weighted by atomic mass is 10.4. The first-order valence-corrected chi connectivity index (χ1v) is 6.74. The van der Waals surface area contributed by atoms with Gasteiger partial charge in [0.15, 0.2) is 9.84 Å². The second-order valence-corrected chi connectivity index (χ2v) is 6.04. The highest BCUT2D eigenvalue weighted by Gasteiger charge is 2.20. The van der Waals surface area contributed by atoms with Crippen molar-refractivity contribution < 1.29 is 18.6 Å². The predicted octanol–water partition coefficient (Wildman–Crippen LogP) is 1.12. The van der Waals surface area contributed by atoms with Crippen molar-refractivity contribution in [1.82, 2.24) is 0 Å². The van der Waals surface area contributed by atoms with Crippen LogP contribution in [0.25, 0.3) is 0 Å². The maximum absolute atomic E-state index is 11.7. The van der Waals surface area contributed by atoms with Gasteiger partial charge >= 0.3 is 0 Å². The van der Waals surface area contributed by atoms with Crippen LogP contribution in [0.15, 0.2) is 23.1 Å². The first-order chi connectivity index (χ1) is 7.36. The Labute approximate surface area is 103 Å². The Bertz CT molecular complexity index is 472. The van der Waals surface area contributed by atoms with E-state index in [1.165, 1.54) is 18.2 Å². The van der Waals surface area contributed by atoms with Crippen LogP contribution in [0.1, 0.15) is 0 Å². The van der Waals surface area contributed by atoms with Crippen molar-refractivity contribution in [3.8, 4) is 0 Å². The monoisotopic (exact) mass is 284 g/mol. The largest absolute Gasteiger partial charge is 0.394 e. The lowest BCUT2D eigenvalue weighted by molar-refractivity contribution is 0.112. The van der Waals surface area contributed by atoms with Crippen LogP contribution in [-0.4, -0.2) is 37.1 Å². The smallest absolute Gasteiger partial charge is 0.181 e. The van der Waals surface area contributed by atoms with E-state index in [0.717, 1.165) is 0 Å².